The lowest BCUT2D eigenvalue weighted by molar-refractivity contribution is 0.277. The van der Waals surface area contributed by atoms with Gasteiger partial charge in [0, 0.05) is 13.6 Å². The third-order valence-corrected chi connectivity index (χ3v) is 3.29. The van der Waals surface area contributed by atoms with Crippen LogP contribution in [0.15, 0.2) is 36.4 Å². The molecule has 1 N–H and O–H groups in total. The van der Waals surface area contributed by atoms with Gasteiger partial charge in [-0.25, -0.2) is 4.98 Å². The van der Waals surface area contributed by atoms with Crippen LogP contribution in [-0.2, 0) is 13.2 Å². The predicted molar refractivity (Wildman–Crippen MR) is 78.5 cm³/mol. The monoisotopic (exact) mass is 276 g/mol. The SMILES string of the molecule is Cc1cccc(CN(C)c2ccc(Cl)c(CO)n2)c1. The van der Waals surface area contributed by atoms with Crippen LogP contribution in [0.5, 0.6) is 0 Å². The molecule has 100 valence electrons. The van der Waals surface area contributed by atoms with Crippen LogP contribution >= 0.6 is 11.6 Å². The smallest absolute Gasteiger partial charge is 0.129 e. The molecular formula is C15H17ClN2O. The van der Waals surface area contributed by atoms with Crippen LogP contribution in [0.3, 0.4) is 0 Å². The first-order valence-corrected chi connectivity index (χ1v) is 6.51. The summed E-state index contributed by atoms with van der Waals surface area (Å²) in [6.45, 7) is 2.69. The Morgan fingerprint density at radius 2 is 2.05 bits per heavy atom. The number of aromatic nitrogens is 1. The molecule has 0 aliphatic rings. The van der Waals surface area contributed by atoms with E-state index in [1.54, 1.807) is 6.07 Å². The molecule has 0 aliphatic heterocycles. The van der Waals surface area contributed by atoms with E-state index in [2.05, 4.69) is 30.1 Å². The minimum absolute atomic E-state index is 0.148. The Hall–Kier alpha value is -1.58. The van der Waals surface area contributed by atoms with E-state index in [9.17, 15) is 5.11 Å². The average molecular weight is 277 g/mol. The molecule has 1 aromatic heterocycles. The maximum Gasteiger partial charge on any atom is 0.129 e. The number of halogens is 1. The topological polar surface area (TPSA) is 36.4 Å². The molecule has 0 unspecified atom stereocenters. The van der Waals surface area contributed by atoms with E-state index in [4.69, 9.17) is 11.6 Å². The van der Waals surface area contributed by atoms with Crippen LogP contribution in [-0.4, -0.2) is 17.1 Å². The Morgan fingerprint density at radius 3 is 2.74 bits per heavy atom. The number of hydrogen-bond acceptors (Lipinski definition) is 3. The highest BCUT2D eigenvalue weighted by molar-refractivity contribution is 6.31. The lowest BCUT2D eigenvalue weighted by Gasteiger charge is -2.19. The van der Waals surface area contributed by atoms with Crippen LogP contribution in [0.4, 0.5) is 5.82 Å². The van der Waals surface area contributed by atoms with Crippen LogP contribution in [0.2, 0.25) is 5.02 Å². The molecule has 3 nitrogen and oxygen atoms in total. The fraction of sp³-hybridized carbons (Fsp3) is 0.267. The number of anilines is 1. The predicted octanol–water partition coefficient (Wildman–Crippen LogP) is 3.17. The molecule has 2 aromatic rings. The molecule has 4 heteroatoms. The summed E-state index contributed by atoms with van der Waals surface area (Å²) in [6, 6.07) is 12.0. The molecule has 0 radical (unpaired) electrons. The molecule has 0 amide bonds. The van der Waals surface area contributed by atoms with Gasteiger partial charge in [-0.15, -0.1) is 0 Å². The minimum Gasteiger partial charge on any atom is -0.390 e. The number of pyridine rings is 1. The number of aliphatic hydroxyl groups is 1. The molecule has 0 fully saturated rings. The number of nitrogens with zero attached hydrogens (tertiary/aromatic N) is 2. The van der Waals surface area contributed by atoms with E-state index < -0.39 is 0 Å². The Bertz CT molecular complexity index is 572. The van der Waals surface area contributed by atoms with E-state index in [0.717, 1.165) is 12.4 Å². The van der Waals surface area contributed by atoms with E-state index in [0.29, 0.717) is 10.7 Å². The third-order valence-electron chi connectivity index (χ3n) is 2.95. The first-order chi connectivity index (χ1) is 9.10. The first-order valence-electron chi connectivity index (χ1n) is 6.13. The maximum absolute atomic E-state index is 9.19. The van der Waals surface area contributed by atoms with Crippen molar-refractivity contribution >= 4 is 17.4 Å². The number of benzene rings is 1. The maximum atomic E-state index is 9.19. The molecule has 0 saturated heterocycles. The number of aryl methyl sites for hydroxylation is 1. The van der Waals surface area contributed by atoms with Gasteiger partial charge < -0.3 is 10.0 Å². The van der Waals surface area contributed by atoms with Crippen molar-refractivity contribution in [2.24, 2.45) is 0 Å². The van der Waals surface area contributed by atoms with Crippen molar-refractivity contribution in [3.8, 4) is 0 Å². The largest absolute Gasteiger partial charge is 0.390 e. The van der Waals surface area contributed by atoms with Gasteiger partial charge in [-0.1, -0.05) is 41.4 Å². The molecule has 1 heterocycles. The third kappa shape index (κ3) is 3.46. The zero-order valence-corrected chi connectivity index (χ0v) is 11.9. The lowest BCUT2D eigenvalue weighted by Crippen LogP contribution is -2.18. The van der Waals surface area contributed by atoms with Crippen LogP contribution < -0.4 is 4.90 Å². The zero-order valence-electron chi connectivity index (χ0n) is 11.1. The van der Waals surface area contributed by atoms with Crippen molar-refractivity contribution in [3.63, 3.8) is 0 Å². The van der Waals surface area contributed by atoms with Crippen LogP contribution in [0.25, 0.3) is 0 Å². The second-order valence-electron chi connectivity index (χ2n) is 4.60. The Labute approximate surface area is 118 Å². The van der Waals surface area contributed by atoms with Crippen molar-refractivity contribution in [2.75, 3.05) is 11.9 Å². The van der Waals surface area contributed by atoms with E-state index in [1.165, 1.54) is 11.1 Å². The molecule has 1 aromatic carbocycles. The Kier molecular flexibility index (Phi) is 4.40. The van der Waals surface area contributed by atoms with Gasteiger partial charge in [0.2, 0.25) is 0 Å². The molecule has 0 atom stereocenters. The number of rotatable bonds is 4. The lowest BCUT2D eigenvalue weighted by atomic mass is 10.1. The zero-order chi connectivity index (χ0) is 13.8. The number of aliphatic hydroxyl groups excluding tert-OH is 1. The first kappa shape index (κ1) is 13.8. The summed E-state index contributed by atoms with van der Waals surface area (Å²) in [4.78, 5) is 6.39. The standard InChI is InChI=1S/C15H17ClN2O/c1-11-4-3-5-12(8-11)9-18(2)15-7-6-13(16)14(10-19)17-15/h3-8,19H,9-10H2,1-2H3. The Morgan fingerprint density at radius 1 is 1.26 bits per heavy atom. The van der Waals surface area contributed by atoms with Gasteiger partial charge in [0.1, 0.15) is 5.82 Å². The van der Waals surface area contributed by atoms with Gasteiger partial charge in [-0.3, -0.25) is 0 Å². The Balaban J connectivity index is 2.18. The minimum atomic E-state index is -0.148. The van der Waals surface area contributed by atoms with Gasteiger partial charge in [-0.05, 0) is 24.6 Å². The van der Waals surface area contributed by atoms with E-state index >= 15 is 0 Å². The highest BCUT2D eigenvalue weighted by Gasteiger charge is 2.07. The highest BCUT2D eigenvalue weighted by atomic mass is 35.5. The van der Waals surface area contributed by atoms with E-state index in [1.807, 2.05) is 24.1 Å². The fourth-order valence-corrected chi connectivity index (χ4v) is 2.13. The van der Waals surface area contributed by atoms with Gasteiger partial charge in [0.15, 0.2) is 0 Å². The summed E-state index contributed by atoms with van der Waals surface area (Å²) in [5.41, 5.74) is 2.98. The molecule has 0 aliphatic carbocycles. The molecule has 19 heavy (non-hydrogen) atoms. The average Bonchev–Trinajstić information content (AvgIpc) is 2.39. The second-order valence-corrected chi connectivity index (χ2v) is 5.01. The van der Waals surface area contributed by atoms with Crippen molar-refractivity contribution in [1.29, 1.82) is 0 Å². The van der Waals surface area contributed by atoms with Crippen LogP contribution in [0, 0.1) is 6.92 Å². The van der Waals surface area contributed by atoms with Gasteiger partial charge >= 0.3 is 0 Å². The summed E-state index contributed by atoms with van der Waals surface area (Å²) >= 11 is 5.94. The van der Waals surface area contributed by atoms with Gasteiger partial charge in [-0.2, -0.15) is 0 Å². The van der Waals surface area contributed by atoms with Crippen molar-refractivity contribution < 1.29 is 5.11 Å². The van der Waals surface area contributed by atoms with Crippen molar-refractivity contribution in [1.82, 2.24) is 4.98 Å². The molecule has 0 spiro atoms. The van der Waals surface area contributed by atoms with Crippen molar-refractivity contribution in [3.05, 3.63) is 58.2 Å². The summed E-state index contributed by atoms with van der Waals surface area (Å²) in [5, 5.41) is 9.68. The normalized spacial score (nSPS) is 10.5. The summed E-state index contributed by atoms with van der Waals surface area (Å²) < 4.78 is 0. The number of hydrogen-bond donors (Lipinski definition) is 1. The van der Waals surface area contributed by atoms with Gasteiger partial charge in [0.05, 0.1) is 17.3 Å². The van der Waals surface area contributed by atoms with Gasteiger partial charge in [0.25, 0.3) is 0 Å². The summed E-state index contributed by atoms with van der Waals surface area (Å²) in [7, 11) is 1.97. The van der Waals surface area contributed by atoms with E-state index in [-0.39, 0.29) is 6.61 Å². The van der Waals surface area contributed by atoms with Crippen LogP contribution in [0.1, 0.15) is 16.8 Å². The summed E-state index contributed by atoms with van der Waals surface area (Å²) in [5.74, 6) is 0.801. The van der Waals surface area contributed by atoms with Crippen molar-refractivity contribution in [2.45, 2.75) is 20.1 Å². The second kappa shape index (κ2) is 6.04. The molecule has 2 rings (SSSR count). The fourth-order valence-electron chi connectivity index (χ4n) is 1.96. The summed E-state index contributed by atoms with van der Waals surface area (Å²) in [6.07, 6.45) is 0. The molecule has 0 saturated carbocycles. The molecule has 0 bridgehead atoms. The quantitative estimate of drug-likeness (QED) is 0.932. The highest BCUT2D eigenvalue weighted by Crippen LogP contribution is 2.20. The molecular weight excluding hydrogens is 260 g/mol.